The van der Waals surface area contributed by atoms with Crippen LogP contribution in [-0.2, 0) is 5.88 Å². The van der Waals surface area contributed by atoms with Crippen LogP contribution in [0.2, 0.25) is 0 Å². The van der Waals surface area contributed by atoms with Gasteiger partial charge in [-0.3, -0.25) is 4.79 Å². The zero-order valence-corrected chi connectivity index (χ0v) is 6.74. The Balaban J connectivity index is 3.12. The fraction of sp³-hybridized carbons (Fsp3) is 0.286. The molecule has 0 atom stereocenters. The molecule has 0 spiro atoms. The van der Waals surface area contributed by atoms with Gasteiger partial charge in [-0.15, -0.1) is 11.6 Å². The molecule has 0 unspecified atom stereocenters. The molecule has 66 valence electrons. The molecule has 5 heteroatoms. The van der Waals surface area contributed by atoms with Gasteiger partial charge >= 0.3 is 0 Å². The topological polar surface area (TPSA) is 32.9 Å². The maximum Gasteiger partial charge on any atom is 0.269 e. The number of alkyl halides is 3. The van der Waals surface area contributed by atoms with Crippen molar-refractivity contribution in [2.75, 3.05) is 0 Å². The Morgan fingerprint density at radius 3 is 2.67 bits per heavy atom. The number of hydrogen-bond acceptors (Lipinski definition) is 1. The number of hydrogen-bond donors (Lipinski definition) is 1. The maximum atomic E-state index is 12.0. The third-order valence-corrected chi connectivity index (χ3v) is 1.67. The highest BCUT2D eigenvalue weighted by Crippen LogP contribution is 2.13. The summed E-state index contributed by atoms with van der Waals surface area (Å²) in [5.74, 6) is 0.110. The molecule has 0 bridgehead atoms. The van der Waals surface area contributed by atoms with E-state index in [2.05, 4.69) is 4.98 Å². The van der Waals surface area contributed by atoms with Crippen molar-refractivity contribution in [2.45, 2.75) is 12.3 Å². The average molecular weight is 194 g/mol. The molecule has 1 aromatic rings. The fourth-order valence-corrected chi connectivity index (χ4v) is 0.927. The van der Waals surface area contributed by atoms with Crippen molar-refractivity contribution in [3.63, 3.8) is 0 Å². The molecule has 1 heterocycles. The van der Waals surface area contributed by atoms with E-state index in [1.54, 1.807) is 0 Å². The van der Waals surface area contributed by atoms with Gasteiger partial charge in [-0.25, -0.2) is 8.78 Å². The number of halogens is 3. The van der Waals surface area contributed by atoms with Crippen molar-refractivity contribution in [3.8, 4) is 0 Å². The second-order valence-corrected chi connectivity index (χ2v) is 2.48. The lowest BCUT2D eigenvalue weighted by Gasteiger charge is -1.99. The molecule has 2 nitrogen and oxygen atoms in total. The standard InChI is InChI=1S/C7H6ClF2NO/c8-2-4-1-6(12)5(3-11-4)7(9)10/h1,3,7H,2H2,(H,11,12). The van der Waals surface area contributed by atoms with Gasteiger partial charge in [0.15, 0.2) is 5.43 Å². The Hall–Kier alpha value is -0.900. The quantitative estimate of drug-likeness (QED) is 0.717. The molecule has 1 rings (SSSR count). The first-order valence-electron chi connectivity index (χ1n) is 3.20. The second-order valence-electron chi connectivity index (χ2n) is 2.21. The van der Waals surface area contributed by atoms with E-state index in [1.807, 2.05) is 0 Å². The van der Waals surface area contributed by atoms with Crippen molar-refractivity contribution in [1.82, 2.24) is 4.98 Å². The molecule has 0 radical (unpaired) electrons. The summed E-state index contributed by atoms with van der Waals surface area (Å²) in [7, 11) is 0. The molecule has 0 amide bonds. The maximum absolute atomic E-state index is 12.0. The van der Waals surface area contributed by atoms with Crippen molar-refractivity contribution in [3.05, 3.63) is 33.7 Å². The Kier molecular flexibility index (Phi) is 2.81. The van der Waals surface area contributed by atoms with Crippen LogP contribution in [-0.4, -0.2) is 4.98 Å². The van der Waals surface area contributed by atoms with Crippen LogP contribution in [0.1, 0.15) is 17.7 Å². The van der Waals surface area contributed by atoms with Gasteiger partial charge in [-0.2, -0.15) is 0 Å². The number of nitrogens with one attached hydrogen (secondary N) is 1. The summed E-state index contributed by atoms with van der Waals surface area (Å²) in [4.78, 5) is 13.4. The minimum atomic E-state index is -2.74. The second kappa shape index (κ2) is 3.67. The van der Waals surface area contributed by atoms with E-state index in [0.717, 1.165) is 12.3 Å². The SMILES string of the molecule is O=c1cc(CCl)[nH]cc1C(F)F. The smallest absolute Gasteiger partial charge is 0.269 e. The summed E-state index contributed by atoms with van der Waals surface area (Å²) in [5, 5.41) is 0. The highest BCUT2D eigenvalue weighted by atomic mass is 35.5. The van der Waals surface area contributed by atoms with Crippen LogP contribution in [0.5, 0.6) is 0 Å². The van der Waals surface area contributed by atoms with Crippen LogP contribution in [0.3, 0.4) is 0 Å². The van der Waals surface area contributed by atoms with E-state index in [-0.39, 0.29) is 5.88 Å². The summed E-state index contributed by atoms with van der Waals surface area (Å²) in [5.41, 5.74) is -0.769. The lowest BCUT2D eigenvalue weighted by molar-refractivity contribution is 0.149. The number of H-pyrrole nitrogens is 1. The Morgan fingerprint density at radius 2 is 2.25 bits per heavy atom. The monoisotopic (exact) mass is 193 g/mol. The van der Waals surface area contributed by atoms with Crippen molar-refractivity contribution in [2.24, 2.45) is 0 Å². The first-order chi connectivity index (χ1) is 5.65. The largest absolute Gasteiger partial charge is 0.363 e. The third kappa shape index (κ3) is 1.82. The van der Waals surface area contributed by atoms with Crippen LogP contribution < -0.4 is 5.43 Å². The highest BCUT2D eigenvalue weighted by Gasteiger charge is 2.11. The molecule has 0 aromatic carbocycles. The first kappa shape index (κ1) is 9.19. The van der Waals surface area contributed by atoms with Crippen LogP contribution in [0, 0.1) is 0 Å². The predicted octanol–water partition coefficient (Wildman–Crippen LogP) is 2.05. The van der Waals surface area contributed by atoms with E-state index >= 15 is 0 Å². The Labute approximate surface area is 72.2 Å². The summed E-state index contributed by atoms with van der Waals surface area (Å²) >= 11 is 5.37. The van der Waals surface area contributed by atoms with Gasteiger partial charge in [0.2, 0.25) is 0 Å². The van der Waals surface area contributed by atoms with E-state index in [9.17, 15) is 13.6 Å². The zero-order valence-electron chi connectivity index (χ0n) is 5.98. The summed E-state index contributed by atoms with van der Waals surface area (Å²) in [6.45, 7) is 0. The molecule has 0 aliphatic carbocycles. The fourth-order valence-electron chi connectivity index (χ4n) is 0.773. The van der Waals surface area contributed by atoms with Crippen LogP contribution in [0.15, 0.2) is 17.1 Å². The Morgan fingerprint density at radius 1 is 1.58 bits per heavy atom. The van der Waals surface area contributed by atoms with Crippen LogP contribution >= 0.6 is 11.6 Å². The lowest BCUT2D eigenvalue weighted by Crippen LogP contribution is -2.09. The molecule has 0 aliphatic heterocycles. The van der Waals surface area contributed by atoms with Crippen LogP contribution in [0.4, 0.5) is 8.78 Å². The van der Waals surface area contributed by atoms with Gasteiger partial charge in [-0.1, -0.05) is 0 Å². The van der Waals surface area contributed by atoms with E-state index in [4.69, 9.17) is 11.6 Å². The van der Waals surface area contributed by atoms with E-state index in [0.29, 0.717) is 5.69 Å². The van der Waals surface area contributed by atoms with Gasteiger partial charge < -0.3 is 4.98 Å². The molecule has 1 N–H and O–H groups in total. The molecule has 0 aliphatic rings. The van der Waals surface area contributed by atoms with Crippen molar-refractivity contribution >= 4 is 11.6 Å². The van der Waals surface area contributed by atoms with Crippen molar-refractivity contribution in [1.29, 1.82) is 0 Å². The summed E-state index contributed by atoms with van der Waals surface area (Å²) in [6, 6.07) is 1.08. The molecule has 0 saturated carbocycles. The molecule has 0 fully saturated rings. The van der Waals surface area contributed by atoms with Crippen molar-refractivity contribution < 1.29 is 8.78 Å². The number of rotatable bonds is 2. The number of aromatic amines is 1. The van der Waals surface area contributed by atoms with Gasteiger partial charge in [0.25, 0.3) is 6.43 Å². The van der Waals surface area contributed by atoms with E-state index in [1.165, 1.54) is 0 Å². The third-order valence-electron chi connectivity index (χ3n) is 1.38. The van der Waals surface area contributed by atoms with Gasteiger partial charge in [0.05, 0.1) is 11.4 Å². The zero-order chi connectivity index (χ0) is 9.14. The van der Waals surface area contributed by atoms with Gasteiger partial charge in [-0.05, 0) is 0 Å². The minimum absolute atomic E-state index is 0.110. The van der Waals surface area contributed by atoms with Crippen LogP contribution in [0.25, 0.3) is 0 Å². The number of aromatic nitrogens is 1. The lowest BCUT2D eigenvalue weighted by atomic mass is 10.2. The van der Waals surface area contributed by atoms with E-state index < -0.39 is 17.4 Å². The Bertz CT molecular complexity index is 323. The molecular formula is C7H6ClF2NO. The summed E-state index contributed by atoms with van der Waals surface area (Å²) < 4.78 is 24.0. The minimum Gasteiger partial charge on any atom is -0.363 e. The van der Waals surface area contributed by atoms with Gasteiger partial charge in [0, 0.05) is 18.0 Å². The predicted molar refractivity (Wildman–Crippen MR) is 41.6 cm³/mol. The highest BCUT2D eigenvalue weighted by molar-refractivity contribution is 6.16. The molecule has 12 heavy (non-hydrogen) atoms. The van der Waals surface area contributed by atoms with Gasteiger partial charge in [0.1, 0.15) is 0 Å². The average Bonchev–Trinajstić information content (AvgIpc) is 2.03. The summed E-state index contributed by atoms with van der Waals surface area (Å²) in [6.07, 6.45) is -1.75. The normalized spacial score (nSPS) is 10.7. The molecule has 1 aromatic heterocycles. The number of pyridine rings is 1. The molecular weight excluding hydrogens is 188 g/mol. The molecule has 0 saturated heterocycles. The first-order valence-corrected chi connectivity index (χ1v) is 3.74.